The van der Waals surface area contributed by atoms with Crippen LogP contribution in [0.1, 0.15) is 82.1 Å². The molecule has 0 amide bonds. The third-order valence-corrected chi connectivity index (χ3v) is 0.500. The molecule has 0 saturated heterocycles. The third kappa shape index (κ3) is 1200. The second-order valence-corrected chi connectivity index (χ2v) is 4.71. The Kier molecular flexibility index (Phi) is 31.9. The molecule has 0 aromatic rings. The number of hydrogen-bond acceptors (Lipinski definition) is 0. The van der Waals surface area contributed by atoms with Gasteiger partial charge < -0.3 is 0 Å². The predicted octanol–water partition coefficient (Wildman–Crippen LogP) is 5.91. The lowest BCUT2D eigenvalue weighted by molar-refractivity contribution is 0.469. The monoisotopic (exact) mass is 190 g/mol. The molecule has 0 atom stereocenters. The van der Waals surface area contributed by atoms with E-state index in [1.165, 1.54) is 19.3 Å². The molecule has 0 heteroatoms. The van der Waals surface area contributed by atoms with E-state index in [-0.39, 0.29) is 7.43 Å². The van der Waals surface area contributed by atoms with Crippen molar-refractivity contribution >= 4 is 0 Å². The molecular weight excluding hydrogens is 156 g/mol. The Morgan fingerprint density at radius 2 is 0.769 bits per heavy atom. The molecule has 0 fully saturated rings. The van der Waals surface area contributed by atoms with E-state index in [1.807, 2.05) is 0 Å². The zero-order chi connectivity index (χ0) is 10.6. The van der Waals surface area contributed by atoms with E-state index in [0.29, 0.717) is 5.41 Å². The van der Waals surface area contributed by atoms with Gasteiger partial charge in [-0.2, -0.15) is 0 Å². The topological polar surface area (TPSA) is 0 Å². The van der Waals surface area contributed by atoms with Gasteiger partial charge in [-0.3, -0.25) is 0 Å². The molecular formula is C13H34. The summed E-state index contributed by atoms with van der Waals surface area (Å²) < 4.78 is 0. The Labute approximate surface area is 88.1 Å². The molecule has 0 aromatic carbocycles. The van der Waals surface area contributed by atoms with Crippen molar-refractivity contribution in [3.63, 3.8) is 0 Å². The zero-order valence-corrected chi connectivity index (χ0v) is 10.6. The van der Waals surface area contributed by atoms with E-state index in [9.17, 15) is 0 Å². The van der Waals surface area contributed by atoms with Crippen molar-refractivity contribution in [1.29, 1.82) is 0 Å². The lowest BCUT2D eigenvalue weighted by Crippen LogP contribution is -1.93. The first-order valence-electron chi connectivity index (χ1n) is 5.33. The van der Waals surface area contributed by atoms with Gasteiger partial charge in [-0.05, 0) is 5.41 Å². The van der Waals surface area contributed by atoms with E-state index in [4.69, 9.17) is 0 Å². The van der Waals surface area contributed by atoms with Crippen molar-refractivity contribution < 1.29 is 0 Å². The van der Waals surface area contributed by atoms with Crippen LogP contribution in [-0.4, -0.2) is 0 Å². The number of hydrogen-bond donors (Lipinski definition) is 0. The quantitative estimate of drug-likeness (QED) is 0.482. The maximum Gasteiger partial charge on any atom is -0.0411 e. The highest BCUT2D eigenvalue weighted by molar-refractivity contribution is 4.47. The van der Waals surface area contributed by atoms with Crippen LogP contribution < -0.4 is 0 Å². The molecule has 0 heterocycles. The summed E-state index contributed by atoms with van der Waals surface area (Å²) in [6.45, 7) is 17.4. The Balaban J connectivity index is -0.0000000465. The molecule has 0 aliphatic carbocycles. The average Bonchev–Trinajstić information content (AvgIpc) is 1.85. The van der Waals surface area contributed by atoms with Crippen LogP contribution in [-0.2, 0) is 0 Å². The Morgan fingerprint density at radius 3 is 0.769 bits per heavy atom. The van der Waals surface area contributed by atoms with Gasteiger partial charge in [0, 0.05) is 0 Å². The highest BCUT2D eigenvalue weighted by atomic mass is 14.0. The standard InChI is InChI=1S/C5H12.C4H10.C3H8.CH4/c1-5(2,3)4;1-3-4-2;1-3-2;/h1-4H3;3-4H2,1-2H3;3H2,1-2H3;1H4. The normalized spacial score (nSPS) is 8.31. The molecule has 0 nitrogen and oxygen atoms in total. The molecule has 0 aliphatic heterocycles. The molecule has 0 N–H and O–H groups in total. The van der Waals surface area contributed by atoms with Gasteiger partial charge in [0.05, 0.1) is 0 Å². The summed E-state index contributed by atoms with van der Waals surface area (Å²) in [6, 6.07) is 0. The highest BCUT2D eigenvalue weighted by Crippen LogP contribution is 2.07. The largest absolute Gasteiger partial charge is 0.0776 e. The summed E-state index contributed by atoms with van der Waals surface area (Å²) in [7, 11) is 0. The minimum atomic E-state index is 0. The van der Waals surface area contributed by atoms with Crippen LogP contribution in [0.15, 0.2) is 0 Å². The first kappa shape index (κ1) is 23.1. The predicted molar refractivity (Wildman–Crippen MR) is 68.4 cm³/mol. The first-order chi connectivity index (χ1) is 5.33. The summed E-state index contributed by atoms with van der Waals surface area (Å²) in [4.78, 5) is 0. The van der Waals surface area contributed by atoms with Crippen molar-refractivity contribution in [2.24, 2.45) is 5.41 Å². The molecule has 0 unspecified atom stereocenters. The van der Waals surface area contributed by atoms with Crippen molar-refractivity contribution in [3.05, 3.63) is 0 Å². The molecule has 0 aliphatic rings. The van der Waals surface area contributed by atoms with Crippen molar-refractivity contribution in [1.82, 2.24) is 0 Å². The Morgan fingerprint density at radius 1 is 0.692 bits per heavy atom. The maximum atomic E-state index is 2.19. The lowest BCUT2D eigenvalue weighted by atomic mass is 10.0. The van der Waals surface area contributed by atoms with Crippen LogP contribution in [0.2, 0.25) is 0 Å². The summed E-state index contributed by atoms with van der Waals surface area (Å²) in [5.41, 5.74) is 0.500. The first-order valence-corrected chi connectivity index (χ1v) is 5.33. The van der Waals surface area contributed by atoms with E-state index < -0.39 is 0 Å². The molecule has 0 saturated carbocycles. The summed E-state index contributed by atoms with van der Waals surface area (Å²) in [6.07, 6.45) is 3.89. The van der Waals surface area contributed by atoms with E-state index >= 15 is 0 Å². The lowest BCUT2D eigenvalue weighted by Gasteiger charge is -2.05. The van der Waals surface area contributed by atoms with Crippen LogP contribution in [0.3, 0.4) is 0 Å². The van der Waals surface area contributed by atoms with Gasteiger partial charge in [0.1, 0.15) is 0 Å². The van der Waals surface area contributed by atoms with Gasteiger partial charge in [0.25, 0.3) is 0 Å². The van der Waals surface area contributed by atoms with E-state index in [1.54, 1.807) is 0 Å². The molecule has 0 aromatic heterocycles. The van der Waals surface area contributed by atoms with Gasteiger partial charge in [-0.15, -0.1) is 0 Å². The molecule has 0 bridgehead atoms. The SMILES string of the molecule is C.CC(C)(C)C.CCC.CCCC. The number of rotatable bonds is 1. The van der Waals surface area contributed by atoms with Crippen molar-refractivity contribution in [2.75, 3.05) is 0 Å². The third-order valence-electron chi connectivity index (χ3n) is 0.500. The van der Waals surface area contributed by atoms with Crippen LogP contribution in [0.5, 0.6) is 0 Å². The second-order valence-electron chi connectivity index (χ2n) is 4.71. The highest BCUT2D eigenvalue weighted by Gasteiger charge is 1.95. The minimum Gasteiger partial charge on any atom is -0.0776 e. The fourth-order valence-corrected chi connectivity index (χ4v) is 0. The molecule has 0 rings (SSSR count). The maximum absolute atomic E-state index is 2.19. The molecule has 0 radical (unpaired) electrons. The molecule has 13 heavy (non-hydrogen) atoms. The van der Waals surface area contributed by atoms with E-state index in [2.05, 4.69) is 55.4 Å². The molecule has 86 valence electrons. The van der Waals surface area contributed by atoms with Gasteiger partial charge >= 0.3 is 0 Å². The van der Waals surface area contributed by atoms with Crippen LogP contribution in [0.4, 0.5) is 0 Å². The van der Waals surface area contributed by atoms with Crippen molar-refractivity contribution in [3.8, 4) is 0 Å². The van der Waals surface area contributed by atoms with Crippen LogP contribution in [0.25, 0.3) is 0 Å². The average molecular weight is 190 g/mol. The fraction of sp³-hybridized carbons (Fsp3) is 1.00. The summed E-state index contributed by atoms with van der Waals surface area (Å²) in [5.74, 6) is 0. The van der Waals surface area contributed by atoms with E-state index in [0.717, 1.165) is 0 Å². The van der Waals surface area contributed by atoms with Gasteiger partial charge in [0.2, 0.25) is 0 Å². The Hall–Kier alpha value is 0. The zero-order valence-electron chi connectivity index (χ0n) is 10.6. The van der Waals surface area contributed by atoms with Gasteiger partial charge in [-0.1, -0.05) is 82.1 Å². The smallest absolute Gasteiger partial charge is 0.0411 e. The van der Waals surface area contributed by atoms with Gasteiger partial charge in [-0.25, -0.2) is 0 Å². The van der Waals surface area contributed by atoms with Crippen molar-refractivity contribution in [2.45, 2.75) is 82.1 Å². The van der Waals surface area contributed by atoms with Crippen LogP contribution >= 0.6 is 0 Å². The molecule has 0 spiro atoms. The fourth-order valence-electron chi connectivity index (χ4n) is 0. The summed E-state index contributed by atoms with van der Waals surface area (Å²) in [5, 5.41) is 0. The van der Waals surface area contributed by atoms with Gasteiger partial charge in [0.15, 0.2) is 0 Å². The summed E-state index contributed by atoms with van der Waals surface area (Å²) >= 11 is 0. The minimum absolute atomic E-state index is 0. The van der Waals surface area contributed by atoms with Crippen LogP contribution in [0, 0.1) is 5.41 Å². The second kappa shape index (κ2) is 17.9. The Bertz CT molecular complexity index is 39.5. The number of unbranched alkanes of at least 4 members (excludes halogenated alkanes) is 1.